The second-order valence-electron chi connectivity index (χ2n) is 7.23. The highest BCUT2D eigenvalue weighted by atomic mass is 16.5. The van der Waals surface area contributed by atoms with Crippen molar-refractivity contribution in [3.8, 4) is 11.9 Å². The molecule has 2 aromatic heterocycles. The predicted octanol–water partition coefficient (Wildman–Crippen LogP) is 2.52. The molecule has 1 aliphatic carbocycles. The van der Waals surface area contributed by atoms with Gasteiger partial charge in [0.1, 0.15) is 5.54 Å². The van der Waals surface area contributed by atoms with Crippen LogP contribution in [-0.4, -0.2) is 37.6 Å². The van der Waals surface area contributed by atoms with Crippen molar-refractivity contribution in [1.82, 2.24) is 19.7 Å². The van der Waals surface area contributed by atoms with Gasteiger partial charge in [-0.1, -0.05) is 0 Å². The van der Waals surface area contributed by atoms with E-state index in [4.69, 9.17) is 4.74 Å². The molecule has 2 unspecified atom stereocenters. The van der Waals surface area contributed by atoms with Crippen molar-refractivity contribution in [2.75, 3.05) is 11.9 Å². The van der Waals surface area contributed by atoms with Crippen molar-refractivity contribution in [3.05, 3.63) is 24.2 Å². The molecule has 0 spiro atoms. The third kappa shape index (κ3) is 4.11. The maximum absolute atomic E-state index is 9.59. The Balaban J connectivity index is 1.66. The SMILES string of the molecule is Cc1nn(C(C)(C)C#N)cc1Nc1nccc(OCC2CCC(O)C2)n1. The topological polar surface area (TPSA) is 109 Å². The van der Waals surface area contributed by atoms with Gasteiger partial charge in [0.05, 0.1) is 36.4 Å². The molecule has 0 aliphatic heterocycles. The predicted molar refractivity (Wildman–Crippen MR) is 96.1 cm³/mol. The van der Waals surface area contributed by atoms with Gasteiger partial charge in [-0.15, -0.1) is 0 Å². The van der Waals surface area contributed by atoms with Crippen molar-refractivity contribution in [2.24, 2.45) is 5.92 Å². The first-order valence-electron chi connectivity index (χ1n) is 8.76. The average molecular weight is 356 g/mol. The third-order valence-corrected chi connectivity index (χ3v) is 4.60. The number of hydrogen-bond acceptors (Lipinski definition) is 7. The Bertz CT molecular complexity index is 810. The number of aliphatic hydroxyl groups is 1. The number of anilines is 2. The fraction of sp³-hybridized carbons (Fsp3) is 0.556. The standard InChI is InChI=1S/C18H24N6O2/c1-12-15(9-24(23-12)18(2,3)11-19)21-17-20-7-6-16(22-17)26-10-13-4-5-14(25)8-13/h6-7,9,13-14,25H,4-5,8,10H2,1-3H3,(H,20,21,22). The number of aromatic nitrogens is 4. The highest BCUT2D eigenvalue weighted by Gasteiger charge is 2.24. The molecule has 2 atom stereocenters. The normalized spacial score (nSPS) is 20.0. The van der Waals surface area contributed by atoms with Crippen LogP contribution in [0.5, 0.6) is 5.88 Å². The van der Waals surface area contributed by atoms with Crippen LogP contribution in [0.25, 0.3) is 0 Å². The van der Waals surface area contributed by atoms with E-state index in [1.165, 1.54) is 0 Å². The Hall–Kier alpha value is -2.66. The Morgan fingerprint density at radius 3 is 2.96 bits per heavy atom. The van der Waals surface area contributed by atoms with Crippen molar-refractivity contribution in [3.63, 3.8) is 0 Å². The van der Waals surface area contributed by atoms with Gasteiger partial charge in [0, 0.05) is 12.3 Å². The molecule has 3 rings (SSSR count). The Morgan fingerprint density at radius 2 is 2.27 bits per heavy atom. The minimum Gasteiger partial charge on any atom is -0.477 e. The molecule has 138 valence electrons. The van der Waals surface area contributed by atoms with Gasteiger partial charge < -0.3 is 15.2 Å². The highest BCUT2D eigenvalue weighted by molar-refractivity contribution is 5.55. The molecule has 8 nitrogen and oxygen atoms in total. The zero-order valence-corrected chi connectivity index (χ0v) is 15.3. The van der Waals surface area contributed by atoms with Crippen molar-refractivity contribution in [2.45, 2.75) is 51.7 Å². The summed E-state index contributed by atoms with van der Waals surface area (Å²) in [4.78, 5) is 8.59. The van der Waals surface area contributed by atoms with E-state index in [0.717, 1.165) is 30.6 Å². The summed E-state index contributed by atoms with van der Waals surface area (Å²) in [5, 5.41) is 26.4. The van der Waals surface area contributed by atoms with Gasteiger partial charge in [-0.3, -0.25) is 4.68 Å². The van der Waals surface area contributed by atoms with Crippen LogP contribution in [0, 0.1) is 24.2 Å². The van der Waals surface area contributed by atoms with Crippen LogP contribution in [0.3, 0.4) is 0 Å². The molecule has 0 saturated heterocycles. The molecular weight excluding hydrogens is 332 g/mol. The number of rotatable bonds is 6. The van der Waals surface area contributed by atoms with Crippen molar-refractivity contribution >= 4 is 11.6 Å². The summed E-state index contributed by atoms with van der Waals surface area (Å²) in [5.74, 6) is 1.27. The lowest BCUT2D eigenvalue weighted by Crippen LogP contribution is -2.24. The van der Waals surface area contributed by atoms with Crippen LogP contribution in [0.4, 0.5) is 11.6 Å². The number of aryl methyl sites for hydroxylation is 1. The molecule has 8 heteroatoms. The second-order valence-corrected chi connectivity index (χ2v) is 7.23. The van der Waals surface area contributed by atoms with Gasteiger partial charge >= 0.3 is 0 Å². The summed E-state index contributed by atoms with van der Waals surface area (Å²) in [6.45, 7) is 6.00. The van der Waals surface area contributed by atoms with E-state index < -0.39 is 5.54 Å². The summed E-state index contributed by atoms with van der Waals surface area (Å²) in [6, 6.07) is 3.94. The Kier molecular flexibility index (Phi) is 5.09. The largest absolute Gasteiger partial charge is 0.477 e. The van der Waals surface area contributed by atoms with E-state index in [-0.39, 0.29) is 6.10 Å². The monoisotopic (exact) mass is 356 g/mol. The fourth-order valence-corrected chi connectivity index (χ4v) is 2.93. The molecule has 2 N–H and O–H groups in total. The van der Waals surface area contributed by atoms with E-state index in [1.807, 2.05) is 6.92 Å². The maximum Gasteiger partial charge on any atom is 0.230 e. The molecule has 1 fully saturated rings. The van der Waals surface area contributed by atoms with Crippen LogP contribution >= 0.6 is 0 Å². The first-order chi connectivity index (χ1) is 12.4. The van der Waals surface area contributed by atoms with E-state index in [1.54, 1.807) is 37.0 Å². The molecule has 0 amide bonds. The molecular formula is C18H24N6O2. The van der Waals surface area contributed by atoms with Crippen LogP contribution in [0.2, 0.25) is 0 Å². The van der Waals surface area contributed by atoms with Gasteiger partial charge in [0.15, 0.2) is 0 Å². The smallest absolute Gasteiger partial charge is 0.230 e. The molecule has 1 aliphatic rings. The average Bonchev–Trinajstić information content (AvgIpc) is 3.20. The van der Waals surface area contributed by atoms with E-state index in [2.05, 4.69) is 26.5 Å². The number of nitrogens with zero attached hydrogens (tertiary/aromatic N) is 5. The van der Waals surface area contributed by atoms with E-state index in [9.17, 15) is 10.4 Å². The number of hydrogen-bond donors (Lipinski definition) is 2. The highest BCUT2D eigenvalue weighted by Crippen LogP contribution is 2.26. The Labute approximate surface area is 152 Å². The maximum atomic E-state index is 9.59. The lowest BCUT2D eigenvalue weighted by atomic mass is 10.1. The molecule has 0 bridgehead atoms. The van der Waals surface area contributed by atoms with Crippen LogP contribution < -0.4 is 10.1 Å². The summed E-state index contributed by atoms with van der Waals surface area (Å²) < 4.78 is 7.38. The first kappa shape index (κ1) is 18.1. The van der Waals surface area contributed by atoms with Crippen LogP contribution in [0.1, 0.15) is 38.8 Å². The summed E-state index contributed by atoms with van der Waals surface area (Å²) in [5.41, 5.74) is 0.759. The molecule has 0 aromatic carbocycles. The molecule has 2 heterocycles. The first-order valence-corrected chi connectivity index (χ1v) is 8.76. The number of nitriles is 1. The summed E-state index contributed by atoms with van der Waals surface area (Å²) in [7, 11) is 0. The van der Waals surface area contributed by atoms with Gasteiger partial charge in [0.25, 0.3) is 0 Å². The zero-order chi connectivity index (χ0) is 18.7. The molecule has 26 heavy (non-hydrogen) atoms. The lowest BCUT2D eigenvalue weighted by Gasteiger charge is -2.15. The quantitative estimate of drug-likeness (QED) is 0.818. The zero-order valence-electron chi connectivity index (χ0n) is 15.3. The summed E-state index contributed by atoms with van der Waals surface area (Å²) in [6.07, 6.45) is 5.80. The minimum atomic E-state index is -0.734. The lowest BCUT2D eigenvalue weighted by molar-refractivity contribution is 0.166. The molecule has 0 radical (unpaired) electrons. The minimum absolute atomic E-state index is 0.205. The van der Waals surface area contributed by atoms with Crippen molar-refractivity contribution in [1.29, 1.82) is 5.26 Å². The number of aliphatic hydroxyl groups excluding tert-OH is 1. The van der Waals surface area contributed by atoms with Gasteiger partial charge in [-0.05, 0) is 46.0 Å². The molecule has 2 aromatic rings. The van der Waals surface area contributed by atoms with Crippen molar-refractivity contribution < 1.29 is 9.84 Å². The van der Waals surface area contributed by atoms with Crippen LogP contribution in [-0.2, 0) is 5.54 Å². The Morgan fingerprint density at radius 1 is 1.46 bits per heavy atom. The number of nitrogens with one attached hydrogen (secondary N) is 1. The fourth-order valence-electron chi connectivity index (χ4n) is 2.93. The number of ether oxygens (including phenoxy) is 1. The van der Waals surface area contributed by atoms with Gasteiger partial charge in [0.2, 0.25) is 11.8 Å². The summed E-state index contributed by atoms with van der Waals surface area (Å²) >= 11 is 0. The van der Waals surface area contributed by atoms with Crippen LogP contribution in [0.15, 0.2) is 18.5 Å². The second kappa shape index (κ2) is 7.30. The third-order valence-electron chi connectivity index (χ3n) is 4.60. The van der Waals surface area contributed by atoms with Gasteiger partial charge in [-0.2, -0.15) is 15.3 Å². The van der Waals surface area contributed by atoms with E-state index >= 15 is 0 Å². The van der Waals surface area contributed by atoms with E-state index in [0.29, 0.717) is 24.4 Å². The molecule has 1 saturated carbocycles. The van der Waals surface area contributed by atoms with Gasteiger partial charge in [-0.25, -0.2) is 4.98 Å².